The molecule has 94 valence electrons. The summed E-state index contributed by atoms with van der Waals surface area (Å²) in [6.07, 6.45) is 8.57. The van der Waals surface area contributed by atoms with Gasteiger partial charge in [-0.15, -0.1) is 6.42 Å². The fourth-order valence-corrected chi connectivity index (χ4v) is 1.78. The van der Waals surface area contributed by atoms with Crippen molar-refractivity contribution >= 4 is 5.91 Å². The molecule has 0 aromatic carbocycles. The second kappa shape index (κ2) is 5.16. The minimum atomic E-state index is -0.408. The maximum Gasteiger partial charge on any atom is 0.257 e. The summed E-state index contributed by atoms with van der Waals surface area (Å²) in [5, 5.41) is 11.8. The highest BCUT2D eigenvalue weighted by Gasteiger charge is 2.23. The Morgan fingerprint density at radius 1 is 1.53 bits per heavy atom. The number of nitrogens with one attached hydrogen (secondary N) is 1. The van der Waals surface area contributed by atoms with Crippen LogP contribution in [0, 0.1) is 30.6 Å². The van der Waals surface area contributed by atoms with Crippen LogP contribution in [0.1, 0.15) is 21.7 Å². The fourth-order valence-electron chi connectivity index (χ4n) is 1.78. The molecular formula is C14H11N3O2. The standard InChI is InChI=1S/C14H11N3O2/c1-3-6-16-13(18)12-10(2)19-14(11(12)9-15)17-7-4-5-8-17/h1,4-5,7-8H,6H2,2H3,(H,16,18). The zero-order valence-corrected chi connectivity index (χ0v) is 10.3. The van der Waals surface area contributed by atoms with E-state index in [1.54, 1.807) is 36.0 Å². The first-order valence-corrected chi connectivity index (χ1v) is 5.57. The third-order valence-electron chi connectivity index (χ3n) is 2.59. The highest BCUT2D eigenvalue weighted by Crippen LogP contribution is 2.25. The average molecular weight is 253 g/mol. The molecule has 19 heavy (non-hydrogen) atoms. The first-order chi connectivity index (χ1) is 9.19. The van der Waals surface area contributed by atoms with E-state index >= 15 is 0 Å². The smallest absolute Gasteiger partial charge is 0.257 e. The van der Waals surface area contributed by atoms with E-state index in [-0.39, 0.29) is 17.7 Å². The van der Waals surface area contributed by atoms with Gasteiger partial charge in [0, 0.05) is 12.4 Å². The van der Waals surface area contributed by atoms with Crippen molar-refractivity contribution in [3.63, 3.8) is 0 Å². The largest absolute Gasteiger partial charge is 0.443 e. The van der Waals surface area contributed by atoms with Crippen molar-refractivity contribution in [2.24, 2.45) is 0 Å². The lowest BCUT2D eigenvalue weighted by molar-refractivity contribution is 0.0957. The number of carbonyl (C=O) groups excluding carboxylic acids is 1. The Labute approximate surface area is 110 Å². The van der Waals surface area contributed by atoms with Crippen molar-refractivity contribution < 1.29 is 9.21 Å². The molecule has 2 aromatic heterocycles. The molecule has 0 unspecified atom stereocenters. The maximum atomic E-state index is 12.0. The third-order valence-corrected chi connectivity index (χ3v) is 2.59. The summed E-state index contributed by atoms with van der Waals surface area (Å²) in [6, 6.07) is 5.61. The van der Waals surface area contributed by atoms with E-state index < -0.39 is 5.91 Å². The van der Waals surface area contributed by atoms with Gasteiger partial charge in [0.25, 0.3) is 5.91 Å². The van der Waals surface area contributed by atoms with Crippen LogP contribution < -0.4 is 5.32 Å². The molecule has 1 amide bonds. The lowest BCUT2D eigenvalue weighted by Crippen LogP contribution is -2.24. The lowest BCUT2D eigenvalue weighted by Gasteiger charge is -2.00. The first-order valence-electron chi connectivity index (χ1n) is 5.57. The molecule has 0 saturated heterocycles. The lowest BCUT2D eigenvalue weighted by atomic mass is 10.1. The molecule has 0 aliphatic rings. The van der Waals surface area contributed by atoms with Gasteiger partial charge in [-0.3, -0.25) is 9.36 Å². The Balaban J connectivity index is 2.49. The minimum Gasteiger partial charge on any atom is -0.443 e. The van der Waals surface area contributed by atoms with E-state index in [1.165, 1.54) is 0 Å². The zero-order chi connectivity index (χ0) is 13.8. The topological polar surface area (TPSA) is 71.0 Å². The van der Waals surface area contributed by atoms with E-state index in [0.717, 1.165) is 0 Å². The number of nitrogens with zero attached hydrogens (tertiary/aromatic N) is 2. The molecular weight excluding hydrogens is 242 g/mol. The number of hydrogen-bond acceptors (Lipinski definition) is 3. The van der Waals surface area contributed by atoms with E-state index in [0.29, 0.717) is 11.6 Å². The molecule has 0 fully saturated rings. The predicted molar refractivity (Wildman–Crippen MR) is 68.7 cm³/mol. The number of nitriles is 1. The number of carbonyl (C=O) groups is 1. The third kappa shape index (κ3) is 2.22. The van der Waals surface area contributed by atoms with Gasteiger partial charge in [0.15, 0.2) is 0 Å². The van der Waals surface area contributed by atoms with E-state index in [1.807, 2.05) is 6.07 Å². The number of aryl methyl sites for hydroxylation is 1. The summed E-state index contributed by atoms with van der Waals surface area (Å²) in [7, 11) is 0. The summed E-state index contributed by atoms with van der Waals surface area (Å²) in [4.78, 5) is 12.0. The van der Waals surface area contributed by atoms with Gasteiger partial charge in [-0.25, -0.2) is 0 Å². The van der Waals surface area contributed by atoms with Crippen molar-refractivity contribution in [1.29, 1.82) is 5.26 Å². The summed E-state index contributed by atoms with van der Waals surface area (Å²) in [5.41, 5.74) is 0.421. The molecule has 2 aromatic rings. The van der Waals surface area contributed by atoms with Crippen LogP contribution in [0.25, 0.3) is 5.88 Å². The fraction of sp³-hybridized carbons (Fsp3) is 0.143. The van der Waals surface area contributed by atoms with Crippen LogP contribution in [0.2, 0.25) is 0 Å². The number of amides is 1. The molecule has 2 rings (SSSR count). The van der Waals surface area contributed by atoms with Gasteiger partial charge >= 0.3 is 0 Å². The first kappa shape index (κ1) is 12.5. The van der Waals surface area contributed by atoms with Gasteiger partial charge in [0.05, 0.1) is 6.54 Å². The van der Waals surface area contributed by atoms with Crippen LogP contribution in [-0.4, -0.2) is 17.0 Å². The molecule has 0 saturated carbocycles. The van der Waals surface area contributed by atoms with Gasteiger partial charge in [-0.2, -0.15) is 5.26 Å². The monoisotopic (exact) mass is 253 g/mol. The Hall–Kier alpha value is -2.92. The predicted octanol–water partition coefficient (Wildman–Crippen LogP) is 1.61. The summed E-state index contributed by atoms with van der Waals surface area (Å²) < 4.78 is 7.15. The van der Waals surface area contributed by atoms with E-state index in [2.05, 4.69) is 11.2 Å². The quantitative estimate of drug-likeness (QED) is 0.845. The molecule has 2 heterocycles. The Bertz CT molecular complexity index is 682. The number of rotatable bonds is 3. The second-order valence-electron chi connectivity index (χ2n) is 3.80. The number of hydrogen-bond donors (Lipinski definition) is 1. The van der Waals surface area contributed by atoms with Crippen LogP contribution in [0.4, 0.5) is 0 Å². The van der Waals surface area contributed by atoms with E-state index in [4.69, 9.17) is 10.8 Å². The van der Waals surface area contributed by atoms with Crippen molar-refractivity contribution in [2.75, 3.05) is 6.54 Å². The average Bonchev–Trinajstić information content (AvgIpc) is 3.02. The van der Waals surface area contributed by atoms with Gasteiger partial charge in [0.1, 0.15) is 23.0 Å². The number of furan rings is 1. The highest BCUT2D eigenvalue weighted by atomic mass is 16.4. The second-order valence-corrected chi connectivity index (χ2v) is 3.80. The molecule has 5 heteroatoms. The van der Waals surface area contributed by atoms with Crippen LogP contribution >= 0.6 is 0 Å². The normalized spacial score (nSPS) is 9.63. The molecule has 0 spiro atoms. The molecule has 0 bridgehead atoms. The van der Waals surface area contributed by atoms with Gasteiger partial charge < -0.3 is 9.73 Å². The maximum absolute atomic E-state index is 12.0. The number of aromatic nitrogens is 1. The summed E-state index contributed by atoms with van der Waals surface area (Å²) >= 11 is 0. The van der Waals surface area contributed by atoms with Crippen molar-refractivity contribution in [1.82, 2.24) is 9.88 Å². The summed E-state index contributed by atoms with van der Waals surface area (Å²) in [6.45, 7) is 1.74. The van der Waals surface area contributed by atoms with Gasteiger partial charge in [-0.1, -0.05) is 5.92 Å². The minimum absolute atomic E-state index is 0.104. The molecule has 0 atom stereocenters. The Morgan fingerprint density at radius 3 is 2.79 bits per heavy atom. The zero-order valence-electron chi connectivity index (χ0n) is 10.3. The Kier molecular flexibility index (Phi) is 3.40. The number of terminal acetylenes is 1. The van der Waals surface area contributed by atoms with Crippen LogP contribution in [-0.2, 0) is 0 Å². The van der Waals surface area contributed by atoms with Crippen LogP contribution in [0.15, 0.2) is 28.9 Å². The van der Waals surface area contributed by atoms with Crippen molar-refractivity contribution in [2.45, 2.75) is 6.92 Å². The molecule has 5 nitrogen and oxygen atoms in total. The molecule has 0 radical (unpaired) electrons. The highest BCUT2D eigenvalue weighted by molar-refractivity contribution is 5.98. The van der Waals surface area contributed by atoms with Gasteiger partial charge in [-0.05, 0) is 19.1 Å². The van der Waals surface area contributed by atoms with E-state index in [9.17, 15) is 10.1 Å². The van der Waals surface area contributed by atoms with Crippen LogP contribution in [0.5, 0.6) is 0 Å². The molecule has 1 N–H and O–H groups in total. The van der Waals surface area contributed by atoms with Crippen molar-refractivity contribution in [3.8, 4) is 24.3 Å². The van der Waals surface area contributed by atoms with Crippen LogP contribution in [0.3, 0.4) is 0 Å². The van der Waals surface area contributed by atoms with Gasteiger partial charge in [0.2, 0.25) is 5.88 Å². The summed E-state index contributed by atoms with van der Waals surface area (Å²) in [5.74, 6) is 2.61. The SMILES string of the molecule is C#CCNC(=O)c1c(C)oc(-n2cccc2)c1C#N. The molecule has 0 aliphatic heterocycles. The Morgan fingerprint density at radius 2 is 2.21 bits per heavy atom. The van der Waals surface area contributed by atoms with Crippen molar-refractivity contribution in [3.05, 3.63) is 41.4 Å². The molecule has 0 aliphatic carbocycles.